The maximum Gasteiger partial charge on any atom is 0.280 e. The van der Waals surface area contributed by atoms with Crippen LogP contribution in [-0.4, -0.2) is 23.4 Å². The van der Waals surface area contributed by atoms with E-state index >= 15 is 0 Å². The second-order valence-corrected chi connectivity index (χ2v) is 6.00. The molecule has 0 aliphatic carbocycles. The van der Waals surface area contributed by atoms with Crippen LogP contribution in [0.25, 0.3) is 0 Å². The van der Waals surface area contributed by atoms with Gasteiger partial charge >= 0.3 is 0 Å². The van der Waals surface area contributed by atoms with E-state index < -0.39 is 6.04 Å². The van der Waals surface area contributed by atoms with Crippen LogP contribution >= 0.6 is 0 Å². The molecule has 130 valence electrons. The molecule has 3 rings (SSSR count). The molecule has 0 saturated carbocycles. The van der Waals surface area contributed by atoms with E-state index in [0.29, 0.717) is 28.2 Å². The summed E-state index contributed by atoms with van der Waals surface area (Å²) in [6, 6.07) is 15.1. The van der Waals surface area contributed by atoms with Crippen molar-refractivity contribution in [3.05, 3.63) is 72.3 Å². The third-order valence-corrected chi connectivity index (χ3v) is 3.90. The van der Waals surface area contributed by atoms with Crippen LogP contribution in [0.1, 0.15) is 24.2 Å². The smallest absolute Gasteiger partial charge is 0.280 e. The molecule has 0 fully saturated rings. The van der Waals surface area contributed by atoms with E-state index in [4.69, 9.17) is 0 Å². The first-order chi connectivity index (χ1) is 12.5. The molecule has 6 heteroatoms. The van der Waals surface area contributed by atoms with Crippen molar-refractivity contribution in [2.24, 2.45) is 15.3 Å². The molecule has 1 unspecified atom stereocenters. The van der Waals surface area contributed by atoms with Gasteiger partial charge in [0.1, 0.15) is 0 Å². The van der Waals surface area contributed by atoms with Crippen molar-refractivity contribution >= 4 is 28.8 Å². The molecular weight excluding hydrogens is 328 g/mol. The standard InChI is InChI=1S/C20H18N4O2/c1-13(2)19(25)15-9-11-16(12-10-15)21-22-18-14(3)23-24(20(18)26)17-7-5-4-6-8-17/h4-12,18H,1H2,2-3H3. The molecule has 0 bridgehead atoms. The average molecular weight is 346 g/mol. The van der Waals surface area contributed by atoms with Crippen LogP contribution in [0.5, 0.6) is 0 Å². The van der Waals surface area contributed by atoms with Crippen molar-refractivity contribution in [3.8, 4) is 0 Å². The van der Waals surface area contributed by atoms with E-state index in [1.54, 1.807) is 38.1 Å². The molecule has 0 radical (unpaired) electrons. The molecule has 0 N–H and O–H groups in total. The summed E-state index contributed by atoms with van der Waals surface area (Å²) in [6.45, 7) is 7.06. The zero-order valence-corrected chi connectivity index (χ0v) is 14.6. The van der Waals surface area contributed by atoms with Crippen LogP contribution in [0.15, 0.2) is 82.1 Å². The zero-order valence-electron chi connectivity index (χ0n) is 14.6. The monoisotopic (exact) mass is 346 g/mol. The van der Waals surface area contributed by atoms with Crippen molar-refractivity contribution < 1.29 is 9.59 Å². The molecule has 0 aromatic heterocycles. The van der Waals surface area contributed by atoms with Gasteiger partial charge in [0, 0.05) is 5.56 Å². The lowest BCUT2D eigenvalue weighted by molar-refractivity contribution is -0.117. The van der Waals surface area contributed by atoms with Crippen LogP contribution in [-0.2, 0) is 4.79 Å². The number of rotatable bonds is 5. The second kappa shape index (κ2) is 7.23. The predicted octanol–water partition coefficient (Wildman–Crippen LogP) is 4.32. The minimum Gasteiger partial charge on any atom is -0.289 e. The van der Waals surface area contributed by atoms with Gasteiger partial charge in [0.25, 0.3) is 5.91 Å². The topological polar surface area (TPSA) is 74.5 Å². The van der Waals surface area contributed by atoms with E-state index in [2.05, 4.69) is 21.9 Å². The highest BCUT2D eigenvalue weighted by molar-refractivity contribution is 6.18. The van der Waals surface area contributed by atoms with Gasteiger partial charge in [-0.3, -0.25) is 9.59 Å². The number of para-hydroxylation sites is 1. The maximum absolute atomic E-state index is 12.6. The Bertz CT molecular complexity index is 915. The molecule has 1 aliphatic rings. The van der Waals surface area contributed by atoms with Crippen molar-refractivity contribution in [2.75, 3.05) is 5.01 Å². The minimum absolute atomic E-state index is 0.110. The minimum atomic E-state index is -0.744. The van der Waals surface area contributed by atoms with E-state index in [-0.39, 0.29) is 11.7 Å². The van der Waals surface area contributed by atoms with Crippen LogP contribution in [0.4, 0.5) is 11.4 Å². The first-order valence-corrected chi connectivity index (χ1v) is 8.12. The number of nitrogens with zero attached hydrogens (tertiary/aromatic N) is 4. The van der Waals surface area contributed by atoms with Gasteiger partial charge in [-0.2, -0.15) is 20.3 Å². The lowest BCUT2D eigenvalue weighted by atomic mass is 10.1. The Morgan fingerprint density at radius 3 is 2.38 bits per heavy atom. The molecule has 1 heterocycles. The number of hydrogen-bond acceptors (Lipinski definition) is 5. The van der Waals surface area contributed by atoms with Crippen LogP contribution in [0.3, 0.4) is 0 Å². The largest absolute Gasteiger partial charge is 0.289 e. The average Bonchev–Trinajstić information content (AvgIpc) is 2.94. The van der Waals surface area contributed by atoms with Gasteiger partial charge in [0.2, 0.25) is 0 Å². The Morgan fingerprint density at radius 2 is 1.77 bits per heavy atom. The fraction of sp³-hybridized carbons (Fsp3) is 0.150. The number of hydrazone groups is 1. The first kappa shape index (κ1) is 17.4. The summed E-state index contributed by atoms with van der Waals surface area (Å²) in [7, 11) is 0. The molecule has 0 spiro atoms. The van der Waals surface area contributed by atoms with Gasteiger partial charge in [-0.25, -0.2) is 0 Å². The van der Waals surface area contributed by atoms with Gasteiger partial charge in [-0.05, 0) is 55.8 Å². The summed E-state index contributed by atoms with van der Waals surface area (Å²) in [6.07, 6.45) is 0. The number of ketones is 1. The van der Waals surface area contributed by atoms with Crippen molar-refractivity contribution in [3.63, 3.8) is 0 Å². The number of allylic oxidation sites excluding steroid dienone is 1. The molecule has 1 amide bonds. The van der Waals surface area contributed by atoms with Crippen molar-refractivity contribution in [1.29, 1.82) is 0 Å². The van der Waals surface area contributed by atoms with Gasteiger partial charge in [0.15, 0.2) is 11.8 Å². The van der Waals surface area contributed by atoms with Gasteiger partial charge in [-0.1, -0.05) is 24.8 Å². The van der Waals surface area contributed by atoms with Gasteiger partial charge in [0.05, 0.1) is 17.1 Å². The first-order valence-electron chi connectivity index (χ1n) is 8.12. The molecule has 6 nitrogen and oxygen atoms in total. The number of carbonyl (C=O) groups is 2. The van der Waals surface area contributed by atoms with Crippen LogP contribution < -0.4 is 5.01 Å². The van der Waals surface area contributed by atoms with Gasteiger partial charge in [-0.15, -0.1) is 0 Å². The number of Topliss-reactive ketones (excluding diaryl/α,β-unsaturated/α-hetero) is 1. The normalized spacial score (nSPS) is 16.8. The molecular formula is C20H18N4O2. The Hall–Kier alpha value is -3.41. The lowest BCUT2D eigenvalue weighted by Gasteiger charge is -2.11. The molecule has 0 saturated heterocycles. The molecule has 1 atom stereocenters. The number of anilines is 1. The number of benzene rings is 2. The summed E-state index contributed by atoms with van der Waals surface area (Å²) in [4.78, 5) is 24.4. The summed E-state index contributed by atoms with van der Waals surface area (Å²) in [5.41, 5.74) is 2.85. The quantitative estimate of drug-likeness (QED) is 0.459. The fourth-order valence-corrected chi connectivity index (χ4v) is 2.49. The number of hydrogen-bond donors (Lipinski definition) is 0. The van der Waals surface area contributed by atoms with E-state index in [1.807, 2.05) is 30.3 Å². The summed E-state index contributed by atoms with van der Waals surface area (Å²) >= 11 is 0. The highest BCUT2D eigenvalue weighted by Crippen LogP contribution is 2.23. The number of carbonyl (C=O) groups excluding carboxylic acids is 2. The summed E-state index contributed by atoms with van der Waals surface area (Å²) < 4.78 is 0. The highest BCUT2D eigenvalue weighted by Gasteiger charge is 2.34. The SMILES string of the molecule is C=C(C)C(=O)c1ccc(N=NC2C(=O)N(c3ccccc3)N=C2C)cc1. The molecule has 2 aromatic rings. The van der Waals surface area contributed by atoms with E-state index in [9.17, 15) is 9.59 Å². The third kappa shape index (κ3) is 3.49. The third-order valence-electron chi connectivity index (χ3n) is 3.90. The van der Waals surface area contributed by atoms with Crippen LogP contribution in [0, 0.1) is 0 Å². The lowest BCUT2D eigenvalue weighted by Crippen LogP contribution is -2.29. The van der Waals surface area contributed by atoms with E-state index in [0.717, 1.165) is 0 Å². The van der Waals surface area contributed by atoms with Crippen molar-refractivity contribution in [1.82, 2.24) is 0 Å². The molecule has 26 heavy (non-hydrogen) atoms. The molecule has 1 aliphatic heterocycles. The second-order valence-electron chi connectivity index (χ2n) is 6.00. The van der Waals surface area contributed by atoms with Gasteiger partial charge < -0.3 is 0 Å². The predicted molar refractivity (Wildman–Crippen MR) is 101 cm³/mol. The maximum atomic E-state index is 12.6. The van der Waals surface area contributed by atoms with Crippen LogP contribution in [0.2, 0.25) is 0 Å². The number of azo groups is 1. The Labute approximate surface area is 151 Å². The fourth-order valence-electron chi connectivity index (χ4n) is 2.49. The highest BCUT2D eigenvalue weighted by atomic mass is 16.2. The molecule has 2 aromatic carbocycles. The summed E-state index contributed by atoms with van der Waals surface area (Å²) in [5, 5.41) is 13.9. The Kier molecular flexibility index (Phi) is 4.84. The Morgan fingerprint density at radius 1 is 1.12 bits per heavy atom. The number of amides is 1. The van der Waals surface area contributed by atoms with Crippen molar-refractivity contribution in [2.45, 2.75) is 19.9 Å². The Balaban J connectivity index is 1.75. The summed E-state index contributed by atoms with van der Waals surface area (Å²) in [5.74, 6) is -0.354. The zero-order chi connectivity index (χ0) is 18.7. The van der Waals surface area contributed by atoms with E-state index in [1.165, 1.54) is 5.01 Å².